The number of rotatable bonds is 6. The number of ether oxygens (including phenoxy) is 1. The van der Waals surface area contributed by atoms with Crippen molar-refractivity contribution < 1.29 is 14.3 Å². The van der Waals surface area contributed by atoms with Gasteiger partial charge in [-0.25, -0.2) is 4.79 Å². The Hall–Kier alpha value is -3.09. The number of anilines is 1. The molecular weight excluding hydrogens is 320 g/mol. The van der Waals surface area contributed by atoms with Crippen LogP contribution in [0.4, 0.5) is 10.5 Å². The molecule has 7 heteroatoms. The van der Waals surface area contributed by atoms with Gasteiger partial charge in [0.25, 0.3) is 5.91 Å². The van der Waals surface area contributed by atoms with Gasteiger partial charge < -0.3 is 20.3 Å². The molecule has 7 nitrogen and oxygen atoms in total. The van der Waals surface area contributed by atoms with Gasteiger partial charge in [-0.3, -0.25) is 9.78 Å². The summed E-state index contributed by atoms with van der Waals surface area (Å²) in [6.07, 6.45) is 3.39. The molecule has 0 saturated carbocycles. The number of nitrogens with zero attached hydrogens (tertiary/aromatic N) is 2. The van der Waals surface area contributed by atoms with E-state index in [-0.39, 0.29) is 24.6 Å². The highest BCUT2D eigenvalue weighted by atomic mass is 16.5. The molecule has 2 N–H and O–H groups in total. The van der Waals surface area contributed by atoms with E-state index in [1.54, 1.807) is 50.8 Å². The fraction of sp³-hybridized carbons (Fsp3) is 0.278. The van der Waals surface area contributed by atoms with Crippen molar-refractivity contribution in [2.45, 2.75) is 13.0 Å². The average Bonchev–Trinajstić information content (AvgIpc) is 2.60. The monoisotopic (exact) mass is 342 g/mol. The van der Waals surface area contributed by atoms with Crippen molar-refractivity contribution in [1.29, 1.82) is 0 Å². The largest absolute Gasteiger partial charge is 0.484 e. The molecule has 0 saturated heterocycles. The second-order valence-electron chi connectivity index (χ2n) is 5.71. The molecule has 1 heterocycles. The van der Waals surface area contributed by atoms with Crippen LogP contribution in [0.5, 0.6) is 5.75 Å². The summed E-state index contributed by atoms with van der Waals surface area (Å²) >= 11 is 0. The number of likely N-dealkylation sites (N-methyl/N-ethyl adjacent to an activating group) is 1. The molecule has 1 atom stereocenters. The summed E-state index contributed by atoms with van der Waals surface area (Å²) in [7, 11) is 3.33. The number of urea groups is 1. The van der Waals surface area contributed by atoms with E-state index in [0.717, 1.165) is 5.56 Å². The standard InChI is InChI=1S/C18H22N4O3/c1-13(14-6-5-9-19-11-14)20-18(24)21-15-7-4-8-16(10-15)25-12-17(23)22(2)3/h4-11,13H,12H2,1-3H3,(H2,20,21,24). The van der Waals surface area contributed by atoms with Crippen molar-refractivity contribution >= 4 is 17.6 Å². The van der Waals surface area contributed by atoms with Gasteiger partial charge in [0.1, 0.15) is 5.75 Å². The molecular formula is C18H22N4O3. The molecule has 0 aliphatic heterocycles. The molecule has 1 aromatic heterocycles. The summed E-state index contributed by atoms with van der Waals surface area (Å²) < 4.78 is 5.43. The first-order chi connectivity index (χ1) is 12.0. The van der Waals surface area contributed by atoms with Crippen molar-refractivity contribution in [2.75, 3.05) is 26.0 Å². The summed E-state index contributed by atoms with van der Waals surface area (Å²) in [6, 6.07) is 10.1. The highest BCUT2D eigenvalue weighted by molar-refractivity contribution is 5.89. The zero-order valence-corrected chi connectivity index (χ0v) is 14.5. The Balaban J connectivity index is 1.90. The summed E-state index contributed by atoms with van der Waals surface area (Å²) in [5.41, 5.74) is 1.49. The number of aromatic nitrogens is 1. The maximum atomic E-state index is 12.1. The summed E-state index contributed by atoms with van der Waals surface area (Å²) in [5, 5.41) is 5.59. The van der Waals surface area contributed by atoms with E-state index >= 15 is 0 Å². The molecule has 0 aliphatic rings. The lowest BCUT2D eigenvalue weighted by Gasteiger charge is -2.15. The SMILES string of the molecule is CC(NC(=O)Nc1cccc(OCC(=O)N(C)C)c1)c1cccnc1. The van der Waals surface area contributed by atoms with Crippen molar-refractivity contribution in [3.63, 3.8) is 0 Å². The van der Waals surface area contributed by atoms with Crippen LogP contribution in [0.2, 0.25) is 0 Å². The van der Waals surface area contributed by atoms with Crippen molar-refractivity contribution in [3.8, 4) is 5.75 Å². The second-order valence-corrected chi connectivity index (χ2v) is 5.71. The fourth-order valence-electron chi connectivity index (χ4n) is 2.02. The Morgan fingerprint density at radius 3 is 2.72 bits per heavy atom. The third kappa shape index (κ3) is 5.80. The van der Waals surface area contributed by atoms with E-state index in [9.17, 15) is 9.59 Å². The van der Waals surface area contributed by atoms with Crippen LogP contribution in [-0.2, 0) is 4.79 Å². The lowest BCUT2D eigenvalue weighted by atomic mass is 10.1. The van der Waals surface area contributed by atoms with Crippen molar-refractivity contribution in [3.05, 3.63) is 54.4 Å². The van der Waals surface area contributed by atoms with E-state index in [4.69, 9.17) is 4.74 Å². The van der Waals surface area contributed by atoms with E-state index in [1.807, 2.05) is 19.1 Å². The summed E-state index contributed by atoms with van der Waals surface area (Å²) in [5.74, 6) is 0.370. The normalized spacial score (nSPS) is 11.3. The van der Waals surface area contributed by atoms with Crippen LogP contribution >= 0.6 is 0 Å². The quantitative estimate of drug-likeness (QED) is 0.844. The van der Waals surface area contributed by atoms with Crippen LogP contribution < -0.4 is 15.4 Å². The fourth-order valence-corrected chi connectivity index (χ4v) is 2.02. The van der Waals surface area contributed by atoms with Gasteiger partial charge in [-0.2, -0.15) is 0 Å². The van der Waals surface area contributed by atoms with Gasteiger partial charge in [0.2, 0.25) is 0 Å². The Morgan fingerprint density at radius 2 is 2.04 bits per heavy atom. The van der Waals surface area contributed by atoms with E-state index in [0.29, 0.717) is 11.4 Å². The van der Waals surface area contributed by atoms with Crippen LogP contribution in [0, 0.1) is 0 Å². The number of carbonyl (C=O) groups excluding carboxylic acids is 2. The lowest BCUT2D eigenvalue weighted by Crippen LogP contribution is -2.31. The Bertz CT molecular complexity index is 719. The molecule has 2 aromatic rings. The van der Waals surface area contributed by atoms with Crippen LogP contribution in [-0.4, -0.2) is 42.5 Å². The molecule has 132 valence electrons. The molecule has 1 unspecified atom stereocenters. The Kier molecular flexibility index (Phi) is 6.33. The summed E-state index contributed by atoms with van der Waals surface area (Å²) in [6.45, 7) is 1.82. The molecule has 0 bridgehead atoms. The predicted octanol–water partition coefficient (Wildman–Crippen LogP) is 2.43. The number of benzene rings is 1. The minimum absolute atomic E-state index is 0.0549. The summed E-state index contributed by atoms with van der Waals surface area (Å²) in [4.78, 5) is 29.2. The second kappa shape index (κ2) is 8.68. The Morgan fingerprint density at radius 1 is 1.24 bits per heavy atom. The topological polar surface area (TPSA) is 83.6 Å². The molecule has 0 aliphatic carbocycles. The highest BCUT2D eigenvalue weighted by Gasteiger charge is 2.10. The number of hydrogen-bond donors (Lipinski definition) is 2. The number of carbonyl (C=O) groups is 2. The smallest absolute Gasteiger partial charge is 0.319 e. The third-order valence-corrected chi connectivity index (χ3v) is 3.49. The van der Waals surface area contributed by atoms with Gasteiger partial charge in [-0.05, 0) is 30.7 Å². The minimum Gasteiger partial charge on any atom is -0.484 e. The zero-order chi connectivity index (χ0) is 18.2. The highest BCUT2D eigenvalue weighted by Crippen LogP contribution is 2.18. The first-order valence-corrected chi connectivity index (χ1v) is 7.86. The zero-order valence-electron chi connectivity index (χ0n) is 14.5. The van der Waals surface area contributed by atoms with E-state index in [2.05, 4.69) is 15.6 Å². The van der Waals surface area contributed by atoms with Gasteiger partial charge >= 0.3 is 6.03 Å². The van der Waals surface area contributed by atoms with Gasteiger partial charge in [0, 0.05) is 38.2 Å². The lowest BCUT2D eigenvalue weighted by molar-refractivity contribution is -0.130. The van der Waals surface area contributed by atoms with Crippen LogP contribution in [0.1, 0.15) is 18.5 Å². The average molecular weight is 342 g/mol. The third-order valence-electron chi connectivity index (χ3n) is 3.49. The van der Waals surface area contributed by atoms with Gasteiger partial charge in [-0.15, -0.1) is 0 Å². The maximum Gasteiger partial charge on any atom is 0.319 e. The van der Waals surface area contributed by atoms with Crippen molar-refractivity contribution in [2.24, 2.45) is 0 Å². The molecule has 0 radical (unpaired) electrons. The van der Waals surface area contributed by atoms with Gasteiger partial charge in [0.05, 0.1) is 6.04 Å². The maximum absolute atomic E-state index is 12.1. The number of amides is 3. The predicted molar refractivity (Wildman–Crippen MR) is 95.4 cm³/mol. The molecule has 3 amide bonds. The van der Waals surface area contributed by atoms with Crippen LogP contribution in [0.25, 0.3) is 0 Å². The number of nitrogens with one attached hydrogen (secondary N) is 2. The van der Waals surface area contributed by atoms with E-state index in [1.165, 1.54) is 4.90 Å². The van der Waals surface area contributed by atoms with Crippen LogP contribution in [0.15, 0.2) is 48.8 Å². The molecule has 1 aromatic carbocycles. The number of pyridine rings is 1. The van der Waals surface area contributed by atoms with Gasteiger partial charge in [-0.1, -0.05) is 12.1 Å². The molecule has 25 heavy (non-hydrogen) atoms. The van der Waals surface area contributed by atoms with Crippen LogP contribution in [0.3, 0.4) is 0 Å². The number of hydrogen-bond acceptors (Lipinski definition) is 4. The molecule has 0 spiro atoms. The molecule has 2 rings (SSSR count). The molecule has 0 fully saturated rings. The van der Waals surface area contributed by atoms with Crippen molar-refractivity contribution in [1.82, 2.24) is 15.2 Å². The van der Waals surface area contributed by atoms with Gasteiger partial charge in [0.15, 0.2) is 6.61 Å². The first-order valence-electron chi connectivity index (χ1n) is 7.86. The van der Waals surface area contributed by atoms with E-state index < -0.39 is 0 Å². The Labute approximate surface area is 147 Å². The minimum atomic E-state index is -0.335. The first kappa shape index (κ1) is 18.3.